The molecule has 134 valence electrons. The van der Waals surface area contributed by atoms with Crippen molar-refractivity contribution in [1.29, 1.82) is 0 Å². The maximum Gasteiger partial charge on any atom is 0.251 e. The number of hydrogen-bond donors (Lipinski definition) is 2. The second kappa shape index (κ2) is 9.61. The number of amides is 2. The summed E-state index contributed by atoms with van der Waals surface area (Å²) in [6.07, 6.45) is 5.22. The van der Waals surface area contributed by atoms with Gasteiger partial charge in [0.1, 0.15) is 6.04 Å². The second-order valence-corrected chi connectivity index (χ2v) is 6.12. The van der Waals surface area contributed by atoms with Gasteiger partial charge in [-0.3, -0.25) is 14.3 Å². The van der Waals surface area contributed by atoms with Crippen molar-refractivity contribution in [1.82, 2.24) is 20.4 Å². The predicted molar refractivity (Wildman–Crippen MR) is 97.0 cm³/mol. The van der Waals surface area contributed by atoms with E-state index in [4.69, 9.17) is 0 Å². The molecule has 1 aromatic carbocycles. The van der Waals surface area contributed by atoms with Crippen molar-refractivity contribution < 1.29 is 9.59 Å². The number of carbonyl (C=O) groups excluding carboxylic acids is 2. The summed E-state index contributed by atoms with van der Waals surface area (Å²) in [6, 6.07) is 10.3. The van der Waals surface area contributed by atoms with E-state index in [1.165, 1.54) is 0 Å². The molecule has 0 spiro atoms. The smallest absolute Gasteiger partial charge is 0.251 e. The lowest BCUT2D eigenvalue weighted by molar-refractivity contribution is -0.124. The molecule has 0 bridgehead atoms. The Hall–Kier alpha value is -2.63. The van der Waals surface area contributed by atoms with Crippen LogP contribution in [0.5, 0.6) is 0 Å². The molecule has 2 atom stereocenters. The number of carbonyl (C=O) groups is 2. The molecular formula is C19H26N4O2. The van der Waals surface area contributed by atoms with Gasteiger partial charge in [0.2, 0.25) is 5.91 Å². The van der Waals surface area contributed by atoms with E-state index in [0.717, 1.165) is 19.4 Å². The number of benzene rings is 1. The van der Waals surface area contributed by atoms with Gasteiger partial charge >= 0.3 is 0 Å². The van der Waals surface area contributed by atoms with Crippen LogP contribution in [-0.4, -0.2) is 34.2 Å². The van der Waals surface area contributed by atoms with Gasteiger partial charge in [-0.2, -0.15) is 5.10 Å². The molecule has 6 heteroatoms. The minimum Gasteiger partial charge on any atom is -0.354 e. The zero-order valence-corrected chi connectivity index (χ0v) is 14.8. The fourth-order valence-corrected chi connectivity index (χ4v) is 2.51. The Morgan fingerprint density at radius 3 is 2.60 bits per heavy atom. The van der Waals surface area contributed by atoms with Gasteiger partial charge in [-0.15, -0.1) is 0 Å². The Bertz CT molecular complexity index is 655. The van der Waals surface area contributed by atoms with Crippen LogP contribution in [-0.2, 0) is 11.3 Å². The fourth-order valence-electron chi connectivity index (χ4n) is 2.51. The molecule has 0 fully saturated rings. The van der Waals surface area contributed by atoms with Crippen LogP contribution in [0.25, 0.3) is 0 Å². The molecule has 0 radical (unpaired) electrons. The average Bonchev–Trinajstić information content (AvgIpc) is 3.16. The summed E-state index contributed by atoms with van der Waals surface area (Å²) in [4.78, 5) is 24.9. The van der Waals surface area contributed by atoms with Crippen LogP contribution in [0.15, 0.2) is 48.8 Å². The SMILES string of the molecule is CC[C@H](C)[C@@H](NC(=O)c1ccccc1)C(=O)NCCCn1cccn1. The van der Waals surface area contributed by atoms with Crippen molar-refractivity contribution in [2.45, 2.75) is 39.3 Å². The van der Waals surface area contributed by atoms with Gasteiger partial charge in [0.05, 0.1) is 0 Å². The van der Waals surface area contributed by atoms with Crippen molar-refractivity contribution >= 4 is 11.8 Å². The van der Waals surface area contributed by atoms with Crippen molar-refractivity contribution in [2.24, 2.45) is 5.92 Å². The van der Waals surface area contributed by atoms with E-state index in [0.29, 0.717) is 12.1 Å². The molecule has 0 saturated carbocycles. The molecule has 2 amide bonds. The third-order valence-corrected chi connectivity index (χ3v) is 4.24. The van der Waals surface area contributed by atoms with Crippen LogP contribution in [0.1, 0.15) is 37.0 Å². The lowest BCUT2D eigenvalue weighted by Crippen LogP contribution is -2.50. The summed E-state index contributed by atoms with van der Waals surface area (Å²) >= 11 is 0. The second-order valence-electron chi connectivity index (χ2n) is 6.12. The quantitative estimate of drug-likeness (QED) is 0.686. The third-order valence-electron chi connectivity index (χ3n) is 4.24. The zero-order chi connectivity index (χ0) is 18.1. The molecule has 2 aromatic rings. The van der Waals surface area contributed by atoms with Crippen molar-refractivity contribution in [3.8, 4) is 0 Å². The topological polar surface area (TPSA) is 76.0 Å². The molecule has 2 N–H and O–H groups in total. The van der Waals surface area contributed by atoms with Gasteiger partial charge in [0.15, 0.2) is 0 Å². The summed E-state index contributed by atoms with van der Waals surface area (Å²) in [6.45, 7) is 5.28. The summed E-state index contributed by atoms with van der Waals surface area (Å²) in [5, 5.41) is 9.92. The number of nitrogens with zero attached hydrogens (tertiary/aromatic N) is 2. The molecule has 0 aliphatic carbocycles. The van der Waals surface area contributed by atoms with Crippen LogP contribution in [0.3, 0.4) is 0 Å². The highest BCUT2D eigenvalue weighted by molar-refractivity contribution is 5.97. The summed E-state index contributed by atoms with van der Waals surface area (Å²) < 4.78 is 1.83. The van der Waals surface area contributed by atoms with Crippen LogP contribution in [0, 0.1) is 5.92 Å². The maximum absolute atomic E-state index is 12.5. The van der Waals surface area contributed by atoms with Gasteiger partial charge in [0, 0.05) is 31.0 Å². The lowest BCUT2D eigenvalue weighted by Gasteiger charge is -2.23. The first-order chi connectivity index (χ1) is 12.1. The fraction of sp³-hybridized carbons (Fsp3) is 0.421. The minimum absolute atomic E-state index is 0.0544. The van der Waals surface area contributed by atoms with Gasteiger partial charge < -0.3 is 10.6 Å². The molecule has 1 heterocycles. The monoisotopic (exact) mass is 342 g/mol. The number of nitrogens with one attached hydrogen (secondary N) is 2. The molecule has 0 aliphatic rings. The standard InChI is InChI=1S/C19H26N4O2/c1-3-15(2)17(22-18(24)16-9-5-4-6-10-16)19(25)20-11-7-13-23-14-8-12-21-23/h4-6,8-10,12,14-15,17H,3,7,11,13H2,1-2H3,(H,20,25)(H,22,24)/t15-,17+/m0/s1. The van der Waals surface area contributed by atoms with Gasteiger partial charge in [-0.1, -0.05) is 38.5 Å². The van der Waals surface area contributed by atoms with E-state index in [-0.39, 0.29) is 17.7 Å². The van der Waals surface area contributed by atoms with Gasteiger partial charge in [-0.25, -0.2) is 0 Å². The lowest BCUT2D eigenvalue weighted by atomic mass is 9.98. The highest BCUT2D eigenvalue weighted by atomic mass is 16.2. The van der Waals surface area contributed by atoms with Crippen LogP contribution in [0.2, 0.25) is 0 Å². The molecule has 0 saturated heterocycles. The summed E-state index contributed by atoms with van der Waals surface area (Å²) in [7, 11) is 0. The molecular weight excluding hydrogens is 316 g/mol. The zero-order valence-electron chi connectivity index (χ0n) is 14.8. The normalized spacial score (nSPS) is 13.0. The number of hydrogen-bond acceptors (Lipinski definition) is 3. The molecule has 0 aliphatic heterocycles. The Labute approximate surface area is 148 Å². The first kappa shape index (κ1) is 18.7. The van der Waals surface area contributed by atoms with E-state index in [9.17, 15) is 9.59 Å². The van der Waals surface area contributed by atoms with Crippen LogP contribution < -0.4 is 10.6 Å². The number of aromatic nitrogens is 2. The van der Waals surface area contributed by atoms with E-state index in [2.05, 4.69) is 15.7 Å². The Morgan fingerprint density at radius 2 is 1.96 bits per heavy atom. The van der Waals surface area contributed by atoms with Gasteiger partial charge in [-0.05, 0) is 30.5 Å². The van der Waals surface area contributed by atoms with Gasteiger partial charge in [0.25, 0.3) is 5.91 Å². The highest BCUT2D eigenvalue weighted by Gasteiger charge is 2.25. The Morgan fingerprint density at radius 1 is 1.20 bits per heavy atom. The minimum atomic E-state index is -0.539. The van der Waals surface area contributed by atoms with Crippen molar-refractivity contribution in [2.75, 3.05) is 6.54 Å². The third kappa shape index (κ3) is 5.74. The van der Waals surface area contributed by atoms with E-state index in [1.54, 1.807) is 18.3 Å². The first-order valence-corrected chi connectivity index (χ1v) is 8.73. The largest absolute Gasteiger partial charge is 0.354 e. The maximum atomic E-state index is 12.5. The molecule has 0 unspecified atom stereocenters. The Balaban J connectivity index is 1.87. The summed E-state index contributed by atoms with van der Waals surface area (Å²) in [5.41, 5.74) is 0.558. The predicted octanol–water partition coefficient (Wildman–Crippen LogP) is 2.23. The number of aryl methyl sites for hydroxylation is 1. The molecule has 25 heavy (non-hydrogen) atoms. The van der Waals surface area contributed by atoms with Crippen LogP contribution in [0.4, 0.5) is 0 Å². The van der Waals surface area contributed by atoms with Crippen LogP contribution >= 0.6 is 0 Å². The van der Waals surface area contributed by atoms with E-state index < -0.39 is 6.04 Å². The molecule has 6 nitrogen and oxygen atoms in total. The van der Waals surface area contributed by atoms with Crippen molar-refractivity contribution in [3.63, 3.8) is 0 Å². The average molecular weight is 342 g/mol. The molecule has 2 rings (SSSR count). The van der Waals surface area contributed by atoms with E-state index >= 15 is 0 Å². The number of rotatable bonds is 9. The molecule has 1 aromatic heterocycles. The summed E-state index contributed by atoms with van der Waals surface area (Å²) in [5.74, 6) is -0.310. The Kier molecular flexibility index (Phi) is 7.19. The van der Waals surface area contributed by atoms with E-state index in [1.807, 2.05) is 49.0 Å². The van der Waals surface area contributed by atoms with Crippen molar-refractivity contribution in [3.05, 3.63) is 54.4 Å². The highest BCUT2D eigenvalue weighted by Crippen LogP contribution is 2.09. The first-order valence-electron chi connectivity index (χ1n) is 8.73.